The molecule has 3 fully saturated rings. The molecular formula is C17H21N3OS. The van der Waals surface area contributed by atoms with E-state index < -0.39 is 0 Å². The number of nitrogens with one attached hydrogen (secondary N) is 1. The maximum absolute atomic E-state index is 12.7. The van der Waals surface area contributed by atoms with Gasteiger partial charge in [-0.2, -0.15) is 0 Å². The zero-order valence-corrected chi connectivity index (χ0v) is 13.8. The Balaban J connectivity index is 1.58. The number of aromatic nitrogens is 1. The van der Waals surface area contributed by atoms with Gasteiger partial charge in [-0.05, 0) is 57.8 Å². The lowest BCUT2D eigenvalue weighted by molar-refractivity contribution is -0.0377. The molecule has 0 unspecified atom stereocenters. The molecule has 0 radical (unpaired) electrons. The van der Waals surface area contributed by atoms with Crippen LogP contribution in [0.2, 0.25) is 0 Å². The molecule has 0 spiro atoms. The fraction of sp³-hybridized carbons (Fsp3) is 0.529. The standard InChI is InChI=1S/C17H21N3OS/c1-17(2)14(11-5-8-20(17)9-6-11)19-15(21)13-10-12-4-3-7-18-16(12)22-13/h3-4,7,10-11,14H,5-6,8-9H2,1-2H3,(H,19,21)/t14-/m1/s1. The van der Waals surface area contributed by atoms with Crippen molar-refractivity contribution in [3.05, 3.63) is 29.3 Å². The maximum Gasteiger partial charge on any atom is 0.261 e. The van der Waals surface area contributed by atoms with Crippen LogP contribution in [0.3, 0.4) is 0 Å². The van der Waals surface area contributed by atoms with Crippen LogP contribution in [0.15, 0.2) is 24.4 Å². The second-order valence-electron chi connectivity index (χ2n) is 6.94. The average molecular weight is 315 g/mol. The summed E-state index contributed by atoms with van der Waals surface area (Å²) in [5.41, 5.74) is 0.0474. The van der Waals surface area contributed by atoms with E-state index in [-0.39, 0.29) is 17.5 Å². The van der Waals surface area contributed by atoms with Gasteiger partial charge in [-0.3, -0.25) is 9.69 Å². The van der Waals surface area contributed by atoms with E-state index >= 15 is 0 Å². The highest BCUT2D eigenvalue weighted by atomic mass is 32.1. The predicted octanol–water partition coefficient (Wildman–Crippen LogP) is 2.90. The Morgan fingerprint density at radius 3 is 2.86 bits per heavy atom. The number of piperidine rings is 3. The molecule has 1 atom stereocenters. The van der Waals surface area contributed by atoms with E-state index in [0.717, 1.165) is 28.2 Å². The van der Waals surface area contributed by atoms with Crippen molar-refractivity contribution in [3.8, 4) is 0 Å². The molecule has 2 bridgehead atoms. The number of hydrogen-bond acceptors (Lipinski definition) is 4. The van der Waals surface area contributed by atoms with Crippen molar-refractivity contribution >= 4 is 27.5 Å². The van der Waals surface area contributed by atoms with Crippen molar-refractivity contribution < 1.29 is 4.79 Å². The summed E-state index contributed by atoms with van der Waals surface area (Å²) in [5.74, 6) is 0.659. The smallest absolute Gasteiger partial charge is 0.261 e. The third-order valence-electron chi connectivity index (χ3n) is 5.39. The normalized spacial score (nSPS) is 29.6. The Morgan fingerprint density at radius 2 is 2.18 bits per heavy atom. The largest absolute Gasteiger partial charge is 0.346 e. The topological polar surface area (TPSA) is 45.2 Å². The van der Waals surface area contributed by atoms with Gasteiger partial charge in [0.05, 0.1) is 4.88 Å². The second-order valence-corrected chi connectivity index (χ2v) is 7.97. The molecule has 4 nitrogen and oxygen atoms in total. The first kappa shape index (κ1) is 14.2. The van der Waals surface area contributed by atoms with E-state index in [9.17, 15) is 4.79 Å². The molecule has 0 aliphatic carbocycles. The van der Waals surface area contributed by atoms with E-state index in [1.165, 1.54) is 24.2 Å². The lowest BCUT2D eigenvalue weighted by atomic mass is 9.72. The van der Waals surface area contributed by atoms with E-state index in [1.807, 2.05) is 18.2 Å². The molecule has 2 aromatic rings. The Hall–Kier alpha value is -1.46. The van der Waals surface area contributed by atoms with Crippen molar-refractivity contribution in [2.75, 3.05) is 13.1 Å². The van der Waals surface area contributed by atoms with Gasteiger partial charge in [0.15, 0.2) is 0 Å². The zero-order valence-electron chi connectivity index (χ0n) is 13.0. The van der Waals surface area contributed by atoms with Crippen molar-refractivity contribution in [1.82, 2.24) is 15.2 Å². The van der Waals surface area contributed by atoms with Gasteiger partial charge in [0.2, 0.25) is 0 Å². The van der Waals surface area contributed by atoms with Crippen LogP contribution in [-0.4, -0.2) is 40.5 Å². The number of fused-ring (bicyclic) bond motifs is 4. The minimum Gasteiger partial charge on any atom is -0.346 e. The monoisotopic (exact) mass is 315 g/mol. The fourth-order valence-electron chi connectivity index (χ4n) is 4.07. The van der Waals surface area contributed by atoms with Gasteiger partial charge in [-0.1, -0.05) is 6.07 Å². The third kappa shape index (κ3) is 2.15. The summed E-state index contributed by atoms with van der Waals surface area (Å²) in [6, 6.07) is 6.11. The molecule has 0 saturated carbocycles. The maximum atomic E-state index is 12.7. The van der Waals surface area contributed by atoms with E-state index in [2.05, 4.69) is 29.0 Å². The number of carbonyl (C=O) groups is 1. The number of thiophene rings is 1. The number of pyridine rings is 1. The van der Waals surface area contributed by atoms with Gasteiger partial charge in [-0.15, -0.1) is 11.3 Å². The predicted molar refractivity (Wildman–Crippen MR) is 89.3 cm³/mol. The second kappa shape index (κ2) is 5.03. The Labute approximate surface area is 134 Å². The van der Waals surface area contributed by atoms with Crippen molar-refractivity contribution in [2.45, 2.75) is 38.3 Å². The number of hydrogen-bond donors (Lipinski definition) is 1. The first-order valence-corrected chi connectivity index (χ1v) is 8.78. The number of rotatable bonds is 2. The highest BCUT2D eigenvalue weighted by Crippen LogP contribution is 2.39. The summed E-state index contributed by atoms with van der Waals surface area (Å²) in [6.07, 6.45) is 4.17. The molecule has 5 rings (SSSR count). The van der Waals surface area contributed by atoms with Crippen molar-refractivity contribution in [3.63, 3.8) is 0 Å². The minimum atomic E-state index is 0.0474. The van der Waals surface area contributed by atoms with Gasteiger partial charge in [0.25, 0.3) is 5.91 Å². The lowest BCUT2D eigenvalue weighted by Crippen LogP contribution is -2.69. The molecule has 2 aromatic heterocycles. The molecule has 1 amide bonds. The minimum absolute atomic E-state index is 0.0474. The first-order chi connectivity index (χ1) is 10.6. The molecule has 116 valence electrons. The molecule has 3 saturated heterocycles. The van der Waals surface area contributed by atoms with Crippen LogP contribution < -0.4 is 5.32 Å². The average Bonchev–Trinajstić information content (AvgIpc) is 2.95. The van der Waals surface area contributed by atoms with Gasteiger partial charge in [0.1, 0.15) is 4.83 Å². The number of carbonyl (C=O) groups excluding carboxylic acids is 1. The van der Waals surface area contributed by atoms with Crippen molar-refractivity contribution in [1.29, 1.82) is 0 Å². The lowest BCUT2D eigenvalue weighted by Gasteiger charge is -2.56. The van der Waals surface area contributed by atoms with Crippen LogP contribution in [0.4, 0.5) is 0 Å². The summed E-state index contributed by atoms with van der Waals surface area (Å²) in [7, 11) is 0. The molecule has 5 heterocycles. The zero-order chi connectivity index (χ0) is 15.3. The van der Waals surface area contributed by atoms with Gasteiger partial charge < -0.3 is 5.32 Å². The van der Waals surface area contributed by atoms with Crippen LogP contribution in [0, 0.1) is 5.92 Å². The van der Waals surface area contributed by atoms with Gasteiger partial charge in [-0.25, -0.2) is 4.98 Å². The van der Waals surface area contributed by atoms with E-state index in [1.54, 1.807) is 6.20 Å². The fourth-order valence-corrected chi connectivity index (χ4v) is 4.98. The van der Waals surface area contributed by atoms with Gasteiger partial charge in [0, 0.05) is 23.2 Å². The summed E-state index contributed by atoms with van der Waals surface area (Å²) in [4.78, 5) is 21.2. The van der Waals surface area contributed by atoms with Crippen LogP contribution in [0.5, 0.6) is 0 Å². The summed E-state index contributed by atoms with van der Waals surface area (Å²) in [6.45, 7) is 6.85. The highest BCUT2D eigenvalue weighted by Gasteiger charge is 2.48. The molecule has 5 heteroatoms. The van der Waals surface area contributed by atoms with Gasteiger partial charge >= 0.3 is 0 Å². The van der Waals surface area contributed by atoms with Crippen LogP contribution >= 0.6 is 11.3 Å². The molecule has 3 aliphatic heterocycles. The Morgan fingerprint density at radius 1 is 1.41 bits per heavy atom. The van der Waals surface area contributed by atoms with Crippen LogP contribution in [0.25, 0.3) is 10.2 Å². The van der Waals surface area contributed by atoms with Crippen LogP contribution in [0.1, 0.15) is 36.4 Å². The third-order valence-corrected chi connectivity index (χ3v) is 6.45. The Bertz CT molecular complexity index is 683. The quantitative estimate of drug-likeness (QED) is 0.927. The SMILES string of the molecule is CC1(C)[C@H](NC(=O)c2cc3cccnc3s2)C2CCN1CC2. The molecule has 22 heavy (non-hydrogen) atoms. The van der Waals surface area contributed by atoms with Crippen molar-refractivity contribution in [2.24, 2.45) is 5.92 Å². The van der Waals surface area contributed by atoms with E-state index in [4.69, 9.17) is 0 Å². The Kier molecular flexibility index (Phi) is 3.24. The molecular weight excluding hydrogens is 294 g/mol. The molecule has 1 N–H and O–H groups in total. The first-order valence-electron chi connectivity index (χ1n) is 7.96. The molecule has 0 aromatic carbocycles. The summed E-state index contributed by atoms with van der Waals surface area (Å²) in [5, 5.41) is 4.37. The summed E-state index contributed by atoms with van der Waals surface area (Å²) >= 11 is 1.48. The number of nitrogens with zero attached hydrogens (tertiary/aromatic N) is 2. The summed E-state index contributed by atoms with van der Waals surface area (Å²) < 4.78 is 0. The highest BCUT2D eigenvalue weighted by molar-refractivity contribution is 7.20. The number of amides is 1. The van der Waals surface area contributed by atoms with E-state index in [0.29, 0.717) is 5.92 Å². The van der Waals surface area contributed by atoms with Crippen LogP contribution in [-0.2, 0) is 0 Å². The molecule has 3 aliphatic rings.